The molecule has 122 valence electrons. The molecule has 0 atom stereocenters. The van der Waals surface area contributed by atoms with Gasteiger partial charge >= 0.3 is 12.2 Å². The number of nitrogens with one attached hydrogen (secondary N) is 3. The number of carbonyl (C=O) groups is 2. The molecule has 1 fully saturated rings. The summed E-state index contributed by atoms with van der Waals surface area (Å²) >= 11 is 0. The Morgan fingerprint density at radius 3 is 2.43 bits per heavy atom. The van der Waals surface area contributed by atoms with Crippen molar-refractivity contribution in [2.24, 2.45) is 0 Å². The SMILES string of the molecule is O=C(CCCCN1CCNCC1)NC(=O)NCC(F)(F)F. The van der Waals surface area contributed by atoms with Crippen LogP contribution < -0.4 is 16.0 Å². The van der Waals surface area contributed by atoms with Gasteiger partial charge < -0.3 is 15.5 Å². The smallest absolute Gasteiger partial charge is 0.329 e. The van der Waals surface area contributed by atoms with E-state index in [0.29, 0.717) is 6.42 Å². The first-order valence-corrected chi connectivity index (χ1v) is 6.94. The fourth-order valence-electron chi connectivity index (χ4n) is 1.97. The van der Waals surface area contributed by atoms with Crippen LogP contribution in [0.2, 0.25) is 0 Å². The Kier molecular flexibility index (Phi) is 7.44. The lowest BCUT2D eigenvalue weighted by Crippen LogP contribution is -2.44. The van der Waals surface area contributed by atoms with Crippen molar-refractivity contribution in [2.75, 3.05) is 39.3 Å². The Labute approximate surface area is 121 Å². The van der Waals surface area contributed by atoms with Crippen molar-refractivity contribution in [1.29, 1.82) is 0 Å². The highest BCUT2D eigenvalue weighted by Gasteiger charge is 2.27. The van der Waals surface area contributed by atoms with Crippen molar-refractivity contribution >= 4 is 11.9 Å². The number of nitrogens with zero attached hydrogens (tertiary/aromatic N) is 1. The Morgan fingerprint density at radius 2 is 1.81 bits per heavy atom. The third kappa shape index (κ3) is 9.24. The number of amides is 3. The molecule has 3 N–H and O–H groups in total. The Balaban J connectivity index is 2.03. The van der Waals surface area contributed by atoms with Crippen LogP contribution in [-0.4, -0.2) is 62.3 Å². The first-order valence-electron chi connectivity index (χ1n) is 6.94. The summed E-state index contributed by atoms with van der Waals surface area (Å²) in [6.07, 6.45) is -2.94. The molecule has 0 aromatic heterocycles. The first-order chi connectivity index (χ1) is 9.87. The van der Waals surface area contributed by atoms with E-state index >= 15 is 0 Å². The predicted molar refractivity (Wildman–Crippen MR) is 70.8 cm³/mol. The van der Waals surface area contributed by atoms with E-state index in [9.17, 15) is 22.8 Å². The van der Waals surface area contributed by atoms with Crippen LogP contribution in [0.4, 0.5) is 18.0 Å². The molecule has 0 aliphatic carbocycles. The van der Waals surface area contributed by atoms with E-state index in [4.69, 9.17) is 0 Å². The molecule has 1 heterocycles. The summed E-state index contributed by atoms with van der Waals surface area (Å²) in [4.78, 5) is 24.7. The second-order valence-corrected chi connectivity index (χ2v) is 4.89. The first kappa shape index (κ1) is 17.7. The zero-order valence-electron chi connectivity index (χ0n) is 11.8. The highest BCUT2D eigenvalue weighted by Crippen LogP contribution is 2.11. The molecule has 21 heavy (non-hydrogen) atoms. The van der Waals surface area contributed by atoms with Crippen molar-refractivity contribution in [3.63, 3.8) is 0 Å². The third-order valence-corrected chi connectivity index (χ3v) is 3.04. The van der Waals surface area contributed by atoms with Gasteiger partial charge in [0.15, 0.2) is 0 Å². The minimum absolute atomic E-state index is 0.130. The van der Waals surface area contributed by atoms with E-state index < -0.39 is 24.7 Å². The summed E-state index contributed by atoms with van der Waals surface area (Å²) in [5, 5.41) is 6.70. The van der Waals surface area contributed by atoms with Crippen molar-refractivity contribution in [3.8, 4) is 0 Å². The second kappa shape index (κ2) is 8.83. The van der Waals surface area contributed by atoms with Gasteiger partial charge in [0.25, 0.3) is 0 Å². The van der Waals surface area contributed by atoms with Crippen molar-refractivity contribution in [3.05, 3.63) is 0 Å². The Morgan fingerprint density at radius 1 is 1.14 bits per heavy atom. The van der Waals surface area contributed by atoms with Gasteiger partial charge in [-0.25, -0.2) is 4.79 Å². The lowest BCUT2D eigenvalue weighted by Gasteiger charge is -2.26. The molecule has 0 bridgehead atoms. The largest absolute Gasteiger partial charge is 0.405 e. The highest BCUT2D eigenvalue weighted by atomic mass is 19.4. The van der Waals surface area contributed by atoms with E-state index in [2.05, 4.69) is 10.2 Å². The van der Waals surface area contributed by atoms with Crippen LogP contribution in [0.1, 0.15) is 19.3 Å². The molecule has 0 saturated carbocycles. The Hall–Kier alpha value is -1.35. The van der Waals surface area contributed by atoms with Gasteiger partial charge in [-0.3, -0.25) is 10.1 Å². The molecule has 1 rings (SSSR count). The average molecular weight is 310 g/mol. The molecule has 3 amide bonds. The molecule has 0 spiro atoms. The van der Waals surface area contributed by atoms with Gasteiger partial charge in [-0.15, -0.1) is 0 Å². The fraction of sp³-hybridized carbons (Fsp3) is 0.833. The summed E-state index contributed by atoms with van der Waals surface area (Å²) in [5.74, 6) is -0.560. The summed E-state index contributed by atoms with van der Waals surface area (Å²) in [5.41, 5.74) is 0. The molecule has 1 aliphatic rings. The summed E-state index contributed by atoms with van der Waals surface area (Å²) in [7, 11) is 0. The minimum Gasteiger partial charge on any atom is -0.329 e. The van der Waals surface area contributed by atoms with Crippen molar-refractivity contribution in [2.45, 2.75) is 25.4 Å². The van der Waals surface area contributed by atoms with Gasteiger partial charge in [0.2, 0.25) is 5.91 Å². The zero-order valence-corrected chi connectivity index (χ0v) is 11.8. The molecule has 1 saturated heterocycles. The predicted octanol–water partition coefficient (Wildman–Crippen LogP) is 0.450. The standard InChI is InChI=1S/C12H21F3N4O2/c13-12(14,15)9-17-11(21)18-10(20)3-1-2-6-19-7-4-16-5-8-19/h16H,1-9H2,(H2,17,18,20,21). The van der Waals surface area contributed by atoms with Crippen molar-refractivity contribution in [1.82, 2.24) is 20.9 Å². The molecule has 1 aliphatic heterocycles. The van der Waals surface area contributed by atoms with Crippen LogP contribution in [0.5, 0.6) is 0 Å². The maximum absolute atomic E-state index is 11.8. The number of halogens is 3. The second-order valence-electron chi connectivity index (χ2n) is 4.89. The van der Waals surface area contributed by atoms with Crippen molar-refractivity contribution < 1.29 is 22.8 Å². The van der Waals surface area contributed by atoms with Crippen LogP contribution in [0.15, 0.2) is 0 Å². The molecular formula is C12H21F3N4O2. The molecule has 0 aromatic rings. The Bertz CT molecular complexity index is 344. The van der Waals surface area contributed by atoms with Crippen LogP contribution in [0, 0.1) is 0 Å². The van der Waals surface area contributed by atoms with E-state index in [1.54, 1.807) is 5.32 Å². The number of carbonyl (C=O) groups excluding carboxylic acids is 2. The normalized spacial score (nSPS) is 16.5. The maximum atomic E-state index is 11.8. The number of piperazine rings is 1. The van der Waals surface area contributed by atoms with Gasteiger partial charge in [-0.1, -0.05) is 0 Å². The fourth-order valence-corrected chi connectivity index (χ4v) is 1.97. The number of rotatable bonds is 6. The van der Waals surface area contributed by atoms with E-state index in [0.717, 1.165) is 39.1 Å². The number of alkyl halides is 3. The summed E-state index contributed by atoms with van der Waals surface area (Å²) in [6.45, 7) is 3.31. The molecule has 6 nitrogen and oxygen atoms in total. The number of hydrogen-bond donors (Lipinski definition) is 3. The molecule has 0 aromatic carbocycles. The lowest BCUT2D eigenvalue weighted by molar-refractivity contribution is -0.124. The van der Waals surface area contributed by atoms with Gasteiger partial charge in [0, 0.05) is 32.6 Å². The summed E-state index contributed by atoms with van der Waals surface area (Å²) in [6, 6.07) is -1.11. The van der Waals surface area contributed by atoms with Crippen LogP contribution >= 0.6 is 0 Å². The molecular weight excluding hydrogens is 289 g/mol. The molecule has 0 radical (unpaired) electrons. The van der Waals surface area contributed by atoms with Crippen LogP contribution in [0.3, 0.4) is 0 Å². The number of unbranched alkanes of at least 4 members (excludes halogenated alkanes) is 1. The minimum atomic E-state index is -4.48. The van der Waals surface area contributed by atoms with Gasteiger partial charge in [0.05, 0.1) is 0 Å². The zero-order chi connectivity index (χ0) is 15.7. The highest BCUT2D eigenvalue weighted by molar-refractivity contribution is 5.94. The summed E-state index contributed by atoms with van der Waals surface area (Å²) < 4.78 is 35.5. The quantitative estimate of drug-likeness (QED) is 0.623. The van der Waals surface area contributed by atoms with Crippen LogP contribution in [0.25, 0.3) is 0 Å². The maximum Gasteiger partial charge on any atom is 0.405 e. The van der Waals surface area contributed by atoms with Gasteiger partial charge in [-0.05, 0) is 19.4 Å². The monoisotopic (exact) mass is 310 g/mol. The van der Waals surface area contributed by atoms with Crippen LogP contribution in [-0.2, 0) is 4.79 Å². The topological polar surface area (TPSA) is 73.5 Å². The van der Waals surface area contributed by atoms with E-state index in [1.807, 2.05) is 5.32 Å². The van der Waals surface area contributed by atoms with Gasteiger partial charge in [0.1, 0.15) is 6.54 Å². The molecule has 9 heteroatoms. The number of imide groups is 1. The third-order valence-electron chi connectivity index (χ3n) is 3.04. The molecule has 0 unspecified atom stereocenters. The average Bonchev–Trinajstić information content (AvgIpc) is 2.42. The number of hydrogen-bond acceptors (Lipinski definition) is 4. The number of urea groups is 1. The lowest BCUT2D eigenvalue weighted by atomic mass is 10.2. The van der Waals surface area contributed by atoms with E-state index in [-0.39, 0.29) is 6.42 Å². The van der Waals surface area contributed by atoms with Gasteiger partial charge in [-0.2, -0.15) is 13.2 Å². The van der Waals surface area contributed by atoms with E-state index in [1.165, 1.54) is 0 Å².